The highest BCUT2D eigenvalue weighted by atomic mass is 35.5. The van der Waals surface area contributed by atoms with Crippen molar-refractivity contribution in [2.24, 2.45) is 0 Å². The molecule has 0 spiro atoms. The third kappa shape index (κ3) is 3.15. The van der Waals surface area contributed by atoms with Gasteiger partial charge < -0.3 is 10.0 Å². The van der Waals surface area contributed by atoms with Gasteiger partial charge in [0.05, 0.1) is 10.6 Å². The molecular formula is C12H13Cl2NO3. The van der Waals surface area contributed by atoms with Crippen LogP contribution in [0.5, 0.6) is 0 Å². The summed E-state index contributed by atoms with van der Waals surface area (Å²) in [5, 5.41) is 9.63. The van der Waals surface area contributed by atoms with E-state index in [9.17, 15) is 9.59 Å². The number of rotatable bonds is 4. The van der Waals surface area contributed by atoms with Gasteiger partial charge in [0.2, 0.25) is 0 Å². The van der Waals surface area contributed by atoms with Crippen LogP contribution in [0.15, 0.2) is 18.2 Å². The molecule has 1 N–H and O–H groups in total. The number of amides is 1. The second-order valence-corrected chi connectivity index (χ2v) is 4.65. The third-order valence-electron chi connectivity index (χ3n) is 2.62. The number of carbonyl (C=O) groups excluding carboxylic acids is 1. The van der Waals surface area contributed by atoms with E-state index in [1.807, 2.05) is 0 Å². The molecule has 1 aromatic rings. The molecule has 1 amide bonds. The van der Waals surface area contributed by atoms with E-state index >= 15 is 0 Å². The molecule has 1 unspecified atom stereocenters. The zero-order valence-corrected chi connectivity index (χ0v) is 11.5. The molecule has 0 aliphatic heterocycles. The highest BCUT2D eigenvalue weighted by Gasteiger charge is 2.26. The second kappa shape index (κ2) is 6.07. The Hall–Kier alpha value is -1.26. The maximum atomic E-state index is 12.1. The topological polar surface area (TPSA) is 57.6 Å². The first-order valence-corrected chi connectivity index (χ1v) is 6.09. The number of carbonyl (C=O) groups is 2. The Labute approximate surface area is 115 Å². The molecular weight excluding hydrogens is 277 g/mol. The van der Waals surface area contributed by atoms with Crippen molar-refractivity contribution in [3.05, 3.63) is 33.8 Å². The lowest BCUT2D eigenvalue weighted by atomic mass is 10.1. The van der Waals surface area contributed by atoms with Gasteiger partial charge in [0.25, 0.3) is 5.91 Å². The third-order valence-corrected chi connectivity index (χ3v) is 3.18. The van der Waals surface area contributed by atoms with E-state index in [-0.39, 0.29) is 10.6 Å². The number of carboxylic acid groups (broad SMARTS) is 1. The fourth-order valence-electron chi connectivity index (χ4n) is 1.61. The molecule has 0 heterocycles. The molecule has 0 bridgehead atoms. The lowest BCUT2D eigenvalue weighted by Crippen LogP contribution is -2.42. The van der Waals surface area contributed by atoms with Gasteiger partial charge in [0.15, 0.2) is 0 Å². The van der Waals surface area contributed by atoms with Crippen LogP contribution in [-0.4, -0.2) is 35.0 Å². The number of carboxylic acids is 1. The number of aliphatic carboxylic acids is 1. The summed E-state index contributed by atoms with van der Waals surface area (Å²) in [5.41, 5.74) is 0.200. The van der Waals surface area contributed by atoms with Crippen LogP contribution < -0.4 is 0 Å². The molecule has 1 atom stereocenters. The number of benzene rings is 1. The molecule has 98 valence electrons. The molecule has 18 heavy (non-hydrogen) atoms. The molecule has 6 heteroatoms. The molecule has 0 aromatic heterocycles. The summed E-state index contributed by atoms with van der Waals surface area (Å²) in [4.78, 5) is 24.3. The van der Waals surface area contributed by atoms with E-state index in [1.54, 1.807) is 13.0 Å². The Morgan fingerprint density at radius 3 is 2.50 bits per heavy atom. The van der Waals surface area contributed by atoms with Crippen molar-refractivity contribution in [3.63, 3.8) is 0 Å². The maximum Gasteiger partial charge on any atom is 0.326 e. The number of halogens is 2. The van der Waals surface area contributed by atoms with Gasteiger partial charge in [-0.3, -0.25) is 4.79 Å². The summed E-state index contributed by atoms with van der Waals surface area (Å²) < 4.78 is 0. The fourth-order valence-corrected chi connectivity index (χ4v) is 1.98. The predicted octanol–water partition coefficient (Wildman–Crippen LogP) is 2.93. The monoisotopic (exact) mass is 289 g/mol. The van der Waals surface area contributed by atoms with Crippen LogP contribution in [0.4, 0.5) is 0 Å². The van der Waals surface area contributed by atoms with Gasteiger partial charge in [0, 0.05) is 12.1 Å². The molecule has 4 nitrogen and oxygen atoms in total. The van der Waals surface area contributed by atoms with Gasteiger partial charge in [-0.05, 0) is 24.6 Å². The highest BCUT2D eigenvalue weighted by Crippen LogP contribution is 2.22. The largest absolute Gasteiger partial charge is 0.480 e. The first kappa shape index (κ1) is 14.8. The van der Waals surface area contributed by atoms with Crippen molar-refractivity contribution >= 4 is 35.1 Å². The summed E-state index contributed by atoms with van der Waals surface area (Å²) in [5.74, 6) is -1.51. The van der Waals surface area contributed by atoms with E-state index in [1.165, 1.54) is 19.2 Å². The zero-order valence-electron chi connectivity index (χ0n) is 9.98. The number of likely N-dealkylation sites (N-methyl/N-ethyl adjacent to an activating group) is 1. The summed E-state index contributed by atoms with van der Waals surface area (Å²) in [6, 6.07) is 3.62. The van der Waals surface area contributed by atoms with Crippen molar-refractivity contribution in [1.82, 2.24) is 4.90 Å². The molecule has 0 aliphatic rings. The molecule has 0 radical (unpaired) electrons. The van der Waals surface area contributed by atoms with Crippen molar-refractivity contribution < 1.29 is 14.7 Å². The van der Waals surface area contributed by atoms with Gasteiger partial charge in [0.1, 0.15) is 6.04 Å². The Balaban J connectivity index is 3.06. The standard InChI is InChI=1S/C12H13Cl2NO3/c1-3-10(12(17)18)15(2)11(16)8-6-7(13)4-5-9(8)14/h4-6,10H,3H2,1-2H3,(H,17,18). The van der Waals surface area contributed by atoms with E-state index in [2.05, 4.69) is 0 Å². The smallest absolute Gasteiger partial charge is 0.326 e. The van der Waals surface area contributed by atoms with Gasteiger partial charge >= 0.3 is 5.97 Å². The maximum absolute atomic E-state index is 12.1. The van der Waals surface area contributed by atoms with Gasteiger partial charge in [-0.1, -0.05) is 30.1 Å². The van der Waals surface area contributed by atoms with E-state index in [0.29, 0.717) is 11.4 Å². The minimum Gasteiger partial charge on any atom is -0.480 e. The summed E-state index contributed by atoms with van der Waals surface area (Å²) in [7, 11) is 1.43. The molecule has 1 rings (SSSR count). The molecule has 0 saturated heterocycles. The van der Waals surface area contributed by atoms with Crippen molar-refractivity contribution in [2.45, 2.75) is 19.4 Å². The molecule has 0 fully saturated rings. The Morgan fingerprint density at radius 1 is 1.39 bits per heavy atom. The van der Waals surface area contributed by atoms with E-state index in [0.717, 1.165) is 4.90 Å². The molecule has 1 aromatic carbocycles. The quantitative estimate of drug-likeness (QED) is 0.927. The average molecular weight is 290 g/mol. The molecule has 0 saturated carbocycles. The van der Waals surface area contributed by atoms with Gasteiger partial charge in [-0.25, -0.2) is 4.79 Å². The summed E-state index contributed by atoms with van der Waals surface area (Å²) in [6.45, 7) is 1.70. The Kier molecular flexibility index (Phi) is 4.99. The van der Waals surface area contributed by atoms with Crippen LogP contribution >= 0.6 is 23.2 Å². The SMILES string of the molecule is CCC(C(=O)O)N(C)C(=O)c1cc(Cl)ccc1Cl. The predicted molar refractivity (Wildman–Crippen MR) is 70.3 cm³/mol. The average Bonchev–Trinajstić information content (AvgIpc) is 2.31. The number of nitrogens with zero attached hydrogens (tertiary/aromatic N) is 1. The Morgan fingerprint density at radius 2 is 2.00 bits per heavy atom. The van der Waals surface area contributed by atoms with Gasteiger partial charge in [-0.15, -0.1) is 0 Å². The summed E-state index contributed by atoms with van der Waals surface area (Å²) in [6.07, 6.45) is 0.315. The van der Waals surface area contributed by atoms with Crippen LogP contribution in [0.2, 0.25) is 10.0 Å². The fraction of sp³-hybridized carbons (Fsp3) is 0.333. The van der Waals surface area contributed by atoms with Crippen molar-refractivity contribution in [3.8, 4) is 0 Å². The van der Waals surface area contributed by atoms with Gasteiger partial charge in [-0.2, -0.15) is 0 Å². The lowest BCUT2D eigenvalue weighted by Gasteiger charge is -2.24. The highest BCUT2D eigenvalue weighted by molar-refractivity contribution is 6.35. The van der Waals surface area contributed by atoms with Crippen LogP contribution in [0.3, 0.4) is 0 Å². The zero-order chi connectivity index (χ0) is 13.9. The molecule has 0 aliphatic carbocycles. The first-order valence-electron chi connectivity index (χ1n) is 5.33. The van der Waals surface area contributed by atoms with Crippen LogP contribution in [0, 0.1) is 0 Å². The minimum absolute atomic E-state index is 0.200. The van der Waals surface area contributed by atoms with Crippen LogP contribution in [-0.2, 0) is 4.79 Å². The van der Waals surface area contributed by atoms with Crippen LogP contribution in [0.25, 0.3) is 0 Å². The van der Waals surface area contributed by atoms with Crippen molar-refractivity contribution in [1.29, 1.82) is 0 Å². The van der Waals surface area contributed by atoms with Crippen LogP contribution in [0.1, 0.15) is 23.7 Å². The second-order valence-electron chi connectivity index (χ2n) is 3.80. The first-order chi connectivity index (χ1) is 8.38. The Bertz CT molecular complexity index is 476. The minimum atomic E-state index is -1.05. The number of hydrogen-bond acceptors (Lipinski definition) is 2. The lowest BCUT2D eigenvalue weighted by molar-refractivity contribution is -0.142. The van der Waals surface area contributed by atoms with E-state index in [4.69, 9.17) is 28.3 Å². The van der Waals surface area contributed by atoms with Crippen molar-refractivity contribution in [2.75, 3.05) is 7.05 Å². The van der Waals surface area contributed by atoms with E-state index < -0.39 is 17.9 Å². The normalized spacial score (nSPS) is 12.0. The summed E-state index contributed by atoms with van der Waals surface area (Å²) >= 11 is 11.7. The number of hydrogen-bond donors (Lipinski definition) is 1.